The molecule has 0 radical (unpaired) electrons. The number of carboxylic acids is 1. The Morgan fingerprint density at radius 2 is 1.90 bits per heavy atom. The molecule has 2 amide bonds. The van der Waals surface area contributed by atoms with E-state index in [-0.39, 0.29) is 11.9 Å². The number of amides is 2. The molecule has 1 aromatic carbocycles. The third kappa shape index (κ3) is 3.29. The van der Waals surface area contributed by atoms with Crippen molar-refractivity contribution < 1.29 is 14.7 Å². The average Bonchev–Trinajstić information content (AvgIpc) is 2.43. The van der Waals surface area contributed by atoms with E-state index < -0.39 is 5.97 Å². The van der Waals surface area contributed by atoms with Gasteiger partial charge in [0.05, 0.1) is 5.92 Å². The molecule has 5 nitrogen and oxygen atoms in total. The van der Waals surface area contributed by atoms with E-state index in [1.54, 1.807) is 4.90 Å². The smallest absolute Gasteiger partial charge is 0.321 e. The van der Waals surface area contributed by atoms with Crippen LogP contribution in [0.25, 0.3) is 0 Å². The monoisotopic (exact) mass is 276 g/mol. The first-order valence-electron chi connectivity index (χ1n) is 6.83. The van der Waals surface area contributed by atoms with Gasteiger partial charge in [-0.2, -0.15) is 0 Å². The van der Waals surface area contributed by atoms with Crippen molar-refractivity contribution in [2.75, 3.05) is 18.4 Å². The number of hydrogen-bond acceptors (Lipinski definition) is 2. The van der Waals surface area contributed by atoms with Crippen molar-refractivity contribution >= 4 is 17.7 Å². The predicted octanol–water partition coefficient (Wildman–Crippen LogP) is 2.63. The van der Waals surface area contributed by atoms with Crippen molar-refractivity contribution in [1.82, 2.24) is 4.90 Å². The summed E-state index contributed by atoms with van der Waals surface area (Å²) < 4.78 is 0. The highest BCUT2D eigenvalue weighted by molar-refractivity contribution is 5.90. The number of likely N-dealkylation sites (tertiary alicyclic amines) is 1. The molecule has 0 unspecified atom stereocenters. The number of nitrogens with zero attached hydrogens (tertiary/aromatic N) is 1. The Morgan fingerprint density at radius 1 is 1.25 bits per heavy atom. The lowest BCUT2D eigenvalue weighted by Gasteiger charge is -2.30. The molecule has 1 aliphatic rings. The van der Waals surface area contributed by atoms with Crippen molar-refractivity contribution in [3.63, 3.8) is 0 Å². The summed E-state index contributed by atoms with van der Waals surface area (Å²) in [5.74, 6) is -1.08. The van der Waals surface area contributed by atoms with Crippen molar-refractivity contribution in [2.24, 2.45) is 5.92 Å². The normalized spacial score (nSPS) is 16.0. The average molecular weight is 276 g/mol. The second-order valence-corrected chi connectivity index (χ2v) is 5.35. The van der Waals surface area contributed by atoms with Crippen LogP contribution >= 0.6 is 0 Å². The third-order valence-corrected chi connectivity index (χ3v) is 3.77. The van der Waals surface area contributed by atoms with Crippen LogP contribution < -0.4 is 5.32 Å². The largest absolute Gasteiger partial charge is 0.481 e. The molecule has 1 aliphatic heterocycles. The van der Waals surface area contributed by atoms with Gasteiger partial charge in [-0.05, 0) is 43.9 Å². The Bertz CT molecular complexity index is 520. The Morgan fingerprint density at radius 3 is 2.50 bits per heavy atom. The third-order valence-electron chi connectivity index (χ3n) is 3.77. The summed E-state index contributed by atoms with van der Waals surface area (Å²) >= 11 is 0. The first-order chi connectivity index (χ1) is 9.47. The SMILES string of the molecule is Cc1ccc(C)c(NC(=O)N2CCC(C(=O)O)CC2)c1. The topological polar surface area (TPSA) is 69.6 Å². The van der Waals surface area contributed by atoms with Crippen LogP contribution in [0.5, 0.6) is 0 Å². The number of hydrogen-bond donors (Lipinski definition) is 2. The van der Waals surface area contributed by atoms with Crippen LogP contribution in [0.3, 0.4) is 0 Å². The van der Waals surface area contributed by atoms with Crippen molar-refractivity contribution in [3.8, 4) is 0 Å². The molecule has 2 rings (SSSR count). The predicted molar refractivity (Wildman–Crippen MR) is 76.9 cm³/mol. The van der Waals surface area contributed by atoms with Gasteiger partial charge in [-0.25, -0.2) is 4.79 Å². The number of nitrogens with one attached hydrogen (secondary N) is 1. The number of carbonyl (C=O) groups excluding carboxylic acids is 1. The molecule has 1 heterocycles. The zero-order valence-electron chi connectivity index (χ0n) is 11.8. The molecule has 2 N–H and O–H groups in total. The van der Waals surface area contributed by atoms with E-state index in [0.29, 0.717) is 25.9 Å². The second-order valence-electron chi connectivity index (χ2n) is 5.35. The van der Waals surface area contributed by atoms with E-state index in [2.05, 4.69) is 5.32 Å². The maximum atomic E-state index is 12.2. The zero-order valence-corrected chi connectivity index (χ0v) is 11.8. The van der Waals surface area contributed by atoms with Crippen LogP contribution in [-0.4, -0.2) is 35.1 Å². The lowest BCUT2D eigenvalue weighted by molar-refractivity contribution is -0.143. The van der Waals surface area contributed by atoms with Gasteiger partial charge >= 0.3 is 12.0 Å². The lowest BCUT2D eigenvalue weighted by atomic mass is 9.97. The minimum absolute atomic E-state index is 0.150. The molecular weight excluding hydrogens is 256 g/mol. The van der Waals surface area contributed by atoms with Gasteiger partial charge in [0.2, 0.25) is 0 Å². The maximum Gasteiger partial charge on any atom is 0.321 e. The number of carboxylic acid groups (broad SMARTS) is 1. The number of rotatable bonds is 2. The van der Waals surface area contributed by atoms with Crippen molar-refractivity contribution in [2.45, 2.75) is 26.7 Å². The fourth-order valence-corrected chi connectivity index (χ4v) is 2.39. The van der Waals surface area contributed by atoms with E-state index in [1.165, 1.54) is 0 Å². The van der Waals surface area contributed by atoms with Crippen LogP contribution in [0.1, 0.15) is 24.0 Å². The van der Waals surface area contributed by atoms with E-state index in [9.17, 15) is 9.59 Å². The highest BCUT2D eigenvalue weighted by Crippen LogP contribution is 2.20. The number of piperidine rings is 1. The van der Waals surface area contributed by atoms with Gasteiger partial charge < -0.3 is 15.3 Å². The summed E-state index contributed by atoms with van der Waals surface area (Å²) in [6, 6.07) is 5.77. The second kappa shape index (κ2) is 5.94. The summed E-state index contributed by atoms with van der Waals surface area (Å²) in [6.07, 6.45) is 1.05. The highest BCUT2D eigenvalue weighted by atomic mass is 16.4. The van der Waals surface area contributed by atoms with E-state index in [0.717, 1.165) is 16.8 Å². The summed E-state index contributed by atoms with van der Waals surface area (Å²) in [6.45, 7) is 4.92. The number of aliphatic carboxylic acids is 1. The molecule has 1 fully saturated rings. The van der Waals surface area contributed by atoms with Gasteiger partial charge in [-0.3, -0.25) is 4.79 Å². The van der Waals surface area contributed by atoms with Gasteiger partial charge in [-0.1, -0.05) is 12.1 Å². The van der Waals surface area contributed by atoms with Crippen LogP contribution in [0.2, 0.25) is 0 Å². The number of carbonyl (C=O) groups is 2. The van der Waals surface area contributed by atoms with Gasteiger partial charge in [0.1, 0.15) is 0 Å². The number of urea groups is 1. The van der Waals surface area contributed by atoms with E-state index >= 15 is 0 Å². The fraction of sp³-hybridized carbons (Fsp3) is 0.467. The van der Waals surface area contributed by atoms with Crippen LogP contribution in [0, 0.1) is 19.8 Å². The molecule has 0 spiro atoms. The van der Waals surface area contributed by atoms with Crippen molar-refractivity contribution in [3.05, 3.63) is 29.3 Å². The first-order valence-corrected chi connectivity index (χ1v) is 6.83. The Kier molecular flexibility index (Phi) is 4.27. The molecule has 0 aliphatic carbocycles. The van der Waals surface area contributed by atoms with E-state index in [4.69, 9.17) is 5.11 Å². The molecule has 1 saturated heterocycles. The quantitative estimate of drug-likeness (QED) is 0.872. The molecule has 20 heavy (non-hydrogen) atoms. The molecule has 0 saturated carbocycles. The number of benzene rings is 1. The minimum Gasteiger partial charge on any atom is -0.481 e. The standard InChI is InChI=1S/C15H20N2O3/c1-10-3-4-11(2)13(9-10)16-15(20)17-7-5-12(6-8-17)14(18)19/h3-4,9,12H,5-8H2,1-2H3,(H,16,20)(H,18,19). The molecule has 1 aromatic rings. The first kappa shape index (κ1) is 14.4. The van der Waals surface area contributed by atoms with E-state index in [1.807, 2.05) is 32.0 Å². The van der Waals surface area contributed by atoms with Gasteiger partial charge in [0.15, 0.2) is 0 Å². The lowest BCUT2D eigenvalue weighted by Crippen LogP contribution is -2.42. The van der Waals surface area contributed by atoms with Crippen LogP contribution in [-0.2, 0) is 4.79 Å². The van der Waals surface area contributed by atoms with Gasteiger partial charge in [-0.15, -0.1) is 0 Å². The molecule has 108 valence electrons. The fourth-order valence-electron chi connectivity index (χ4n) is 2.39. The number of anilines is 1. The molecular formula is C15H20N2O3. The Labute approximate surface area is 118 Å². The minimum atomic E-state index is -0.764. The summed E-state index contributed by atoms with van der Waals surface area (Å²) in [5.41, 5.74) is 2.93. The van der Waals surface area contributed by atoms with Gasteiger partial charge in [0.25, 0.3) is 0 Å². The van der Waals surface area contributed by atoms with Crippen LogP contribution in [0.15, 0.2) is 18.2 Å². The summed E-state index contributed by atoms with van der Waals surface area (Å²) in [7, 11) is 0. The summed E-state index contributed by atoms with van der Waals surface area (Å²) in [5, 5.41) is 11.9. The summed E-state index contributed by atoms with van der Waals surface area (Å²) in [4.78, 5) is 24.7. The Hall–Kier alpha value is -2.04. The molecule has 0 bridgehead atoms. The van der Waals surface area contributed by atoms with Crippen molar-refractivity contribution in [1.29, 1.82) is 0 Å². The molecule has 5 heteroatoms. The molecule has 0 aromatic heterocycles. The molecule has 0 atom stereocenters. The van der Waals surface area contributed by atoms with Gasteiger partial charge in [0, 0.05) is 18.8 Å². The maximum absolute atomic E-state index is 12.2. The highest BCUT2D eigenvalue weighted by Gasteiger charge is 2.27. The zero-order chi connectivity index (χ0) is 14.7. The Balaban J connectivity index is 1.96. The van der Waals surface area contributed by atoms with Crippen LogP contribution in [0.4, 0.5) is 10.5 Å². The number of aryl methyl sites for hydroxylation is 2.